The van der Waals surface area contributed by atoms with Gasteiger partial charge in [0.25, 0.3) is 5.91 Å². The molecule has 1 atom stereocenters. The molecule has 1 unspecified atom stereocenters. The van der Waals surface area contributed by atoms with Gasteiger partial charge in [-0.25, -0.2) is 0 Å². The second kappa shape index (κ2) is 6.93. The molecule has 1 aliphatic rings. The molecular formula is C14H20N2O2S. The van der Waals surface area contributed by atoms with Crippen LogP contribution in [0.25, 0.3) is 0 Å². The highest BCUT2D eigenvalue weighted by Crippen LogP contribution is 2.08. The summed E-state index contributed by atoms with van der Waals surface area (Å²) in [4.78, 5) is 15.2. The Morgan fingerprint density at radius 3 is 2.63 bits per heavy atom. The molecule has 0 radical (unpaired) electrons. The maximum atomic E-state index is 12.0. The van der Waals surface area contributed by atoms with Crippen LogP contribution in [-0.4, -0.2) is 49.7 Å². The first-order valence-electron chi connectivity index (χ1n) is 6.55. The summed E-state index contributed by atoms with van der Waals surface area (Å²) in [6.45, 7) is 6.33. The molecule has 2 rings (SSSR count). The number of nitrogens with one attached hydrogen (secondary N) is 1. The first-order valence-corrected chi connectivity index (χ1v) is 7.00. The van der Waals surface area contributed by atoms with Crippen molar-refractivity contribution < 1.29 is 9.53 Å². The maximum absolute atomic E-state index is 12.0. The van der Waals surface area contributed by atoms with Gasteiger partial charge in [0.15, 0.2) is 0 Å². The minimum Gasteiger partial charge on any atom is -0.379 e. The van der Waals surface area contributed by atoms with E-state index in [1.54, 1.807) is 12.1 Å². The SMILES string of the molecule is CC(CN1CCOCC1)NC(=O)c1ccc(S)cc1. The summed E-state index contributed by atoms with van der Waals surface area (Å²) in [5, 5.41) is 3.02. The lowest BCUT2D eigenvalue weighted by molar-refractivity contribution is 0.0342. The maximum Gasteiger partial charge on any atom is 0.251 e. The average Bonchev–Trinajstić information content (AvgIpc) is 2.40. The van der Waals surface area contributed by atoms with Crippen LogP contribution in [-0.2, 0) is 4.74 Å². The van der Waals surface area contributed by atoms with E-state index in [0.29, 0.717) is 5.56 Å². The van der Waals surface area contributed by atoms with Crippen molar-refractivity contribution >= 4 is 18.5 Å². The highest BCUT2D eigenvalue weighted by atomic mass is 32.1. The monoisotopic (exact) mass is 280 g/mol. The second-order valence-corrected chi connectivity index (χ2v) is 5.35. The molecule has 0 bridgehead atoms. The van der Waals surface area contributed by atoms with Crippen molar-refractivity contribution in [3.05, 3.63) is 29.8 Å². The van der Waals surface area contributed by atoms with Crippen LogP contribution in [0.2, 0.25) is 0 Å². The molecule has 19 heavy (non-hydrogen) atoms. The molecule has 1 aliphatic heterocycles. The van der Waals surface area contributed by atoms with E-state index in [9.17, 15) is 4.79 Å². The van der Waals surface area contributed by atoms with Gasteiger partial charge < -0.3 is 10.1 Å². The summed E-state index contributed by atoms with van der Waals surface area (Å²) in [5.41, 5.74) is 0.673. The van der Waals surface area contributed by atoms with Gasteiger partial charge in [0.05, 0.1) is 13.2 Å². The minimum atomic E-state index is -0.0332. The quantitative estimate of drug-likeness (QED) is 0.820. The molecule has 1 aromatic carbocycles. The van der Waals surface area contributed by atoms with Gasteiger partial charge >= 0.3 is 0 Å². The van der Waals surface area contributed by atoms with Crippen LogP contribution in [0.3, 0.4) is 0 Å². The van der Waals surface area contributed by atoms with Gasteiger partial charge in [-0.1, -0.05) is 0 Å². The lowest BCUT2D eigenvalue weighted by Crippen LogP contribution is -2.46. The molecule has 0 spiro atoms. The van der Waals surface area contributed by atoms with E-state index in [4.69, 9.17) is 4.74 Å². The zero-order valence-electron chi connectivity index (χ0n) is 11.1. The third-order valence-corrected chi connectivity index (χ3v) is 3.44. The van der Waals surface area contributed by atoms with Gasteiger partial charge in [-0.3, -0.25) is 9.69 Å². The fraction of sp³-hybridized carbons (Fsp3) is 0.500. The van der Waals surface area contributed by atoms with Crippen molar-refractivity contribution in [1.82, 2.24) is 10.2 Å². The van der Waals surface area contributed by atoms with Gasteiger partial charge in [0.1, 0.15) is 0 Å². The molecule has 0 aromatic heterocycles. The number of hydrogen-bond acceptors (Lipinski definition) is 4. The Hall–Kier alpha value is -1.04. The van der Waals surface area contributed by atoms with Gasteiger partial charge in [-0.15, -0.1) is 12.6 Å². The first kappa shape index (κ1) is 14.4. The fourth-order valence-electron chi connectivity index (χ4n) is 2.14. The normalized spacial score (nSPS) is 18.0. The van der Waals surface area contributed by atoms with Crippen LogP contribution in [0.5, 0.6) is 0 Å². The zero-order valence-corrected chi connectivity index (χ0v) is 12.0. The van der Waals surface area contributed by atoms with Gasteiger partial charge in [0, 0.05) is 36.1 Å². The highest BCUT2D eigenvalue weighted by Gasteiger charge is 2.15. The Balaban J connectivity index is 1.82. The molecule has 1 amide bonds. The Morgan fingerprint density at radius 2 is 2.00 bits per heavy atom. The van der Waals surface area contributed by atoms with Crippen LogP contribution in [0, 0.1) is 0 Å². The number of nitrogens with zero attached hydrogens (tertiary/aromatic N) is 1. The summed E-state index contributed by atoms with van der Waals surface area (Å²) < 4.78 is 5.31. The van der Waals surface area contributed by atoms with E-state index in [0.717, 1.165) is 37.7 Å². The minimum absolute atomic E-state index is 0.0332. The van der Waals surface area contributed by atoms with Crippen LogP contribution in [0.4, 0.5) is 0 Å². The zero-order chi connectivity index (χ0) is 13.7. The number of amides is 1. The summed E-state index contributed by atoms with van der Waals surface area (Å²) in [6, 6.07) is 7.36. The van der Waals surface area contributed by atoms with E-state index >= 15 is 0 Å². The Bertz CT molecular complexity index is 416. The fourth-order valence-corrected chi connectivity index (χ4v) is 2.29. The van der Waals surface area contributed by atoms with Gasteiger partial charge in [-0.05, 0) is 31.2 Å². The molecular weight excluding hydrogens is 260 g/mol. The van der Waals surface area contributed by atoms with Gasteiger partial charge in [-0.2, -0.15) is 0 Å². The number of carbonyl (C=O) groups is 1. The van der Waals surface area contributed by atoms with Crippen LogP contribution >= 0.6 is 12.6 Å². The van der Waals surface area contributed by atoms with E-state index < -0.39 is 0 Å². The number of rotatable bonds is 4. The number of hydrogen-bond donors (Lipinski definition) is 2. The average molecular weight is 280 g/mol. The number of carbonyl (C=O) groups excluding carboxylic acids is 1. The summed E-state index contributed by atoms with van der Waals surface area (Å²) >= 11 is 4.21. The third kappa shape index (κ3) is 4.53. The molecule has 1 N–H and O–H groups in total. The van der Waals surface area contributed by atoms with Crippen molar-refractivity contribution in [2.24, 2.45) is 0 Å². The summed E-state index contributed by atoms with van der Waals surface area (Å²) in [7, 11) is 0. The van der Waals surface area contributed by atoms with Crippen molar-refractivity contribution in [2.75, 3.05) is 32.8 Å². The molecule has 1 heterocycles. The molecule has 1 fully saturated rings. The Labute approximate surface area is 119 Å². The topological polar surface area (TPSA) is 41.6 Å². The lowest BCUT2D eigenvalue weighted by atomic mass is 10.2. The van der Waals surface area contributed by atoms with Crippen LogP contribution in [0.1, 0.15) is 17.3 Å². The molecule has 5 heteroatoms. The first-order chi connectivity index (χ1) is 9.15. The lowest BCUT2D eigenvalue weighted by Gasteiger charge is -2.29. The number of benzene rings is 1. The molecule has 1 aromatic rings. The molecule has 0 saturated carbocycles. The van der Waals surface area contributed by atoms with Gasteiger partial charge in [0.2, 0.25) is 0 Å². The molecule has 1 saturated heterocycles. The molecule has 104 valence electrons. The van der Waals surface area contributed by atoms with E-state index in [-0.39, 0.29) is 11.9 Å². The van der Waals surface area contributed by atoms with Crippen molar-refractivity contribution in [3.8, 4) is 0 Å². The summed E-state index contributed by atoms with van der Waals surface area (Å²) in [5.74, 6) is -0.0332. The smallest absolute Gasteiger partial charge is 0.251 e. The number of morpholine rings is 1. The molecule has 4 nitrogen and oxygen atoms in total. The standard InChI is InChI=1S/C14H20N2O2S/c1-11(10-16-6-8-18-9-7-16)15-14(17)12-2-4-13(19)5-3-12/h2-5,11,19H,6-10H2,1H3,(H,15,17). The Morgan fingerprint density at radius 1 is 1.37 bits per heavy atom. The number of thiol groups is 1. The predicted molar refractivity (Wildman–Crippen MR) is 77.9 cm³/mol. The highest BCUT2D eigenvalue weighted by molar-refractivity contribution is 7.80. The van der Waals surface area contributed by atoms with E-state index in [1.807, 2.05) is 19.1 Å². The predicted octanol–water partition coefficient (Wildman–Crippen LogP) is 1.43. The van der Waals surface area contributed by atoms with Crippen LogP contribution < -0.4 is 5.32 Å². The number of ether oxygens (including phenoxy) is 1. The summed E-state index contributed by atoms with van der Waals surface area (Å²) in [6.07, 6.45) is 0. The van der Waals surface area contributed by atoms with E-state index in [2.05, 4.69) is 22.8 Å². The second-order valence-electron chi connectivity index (χ2n) is 4.83. The molecule has 0 aliphatic carbocycles. The largest absolute Gasteiger partial charge is 0.379 e. The van der Waals surface area contributed by atoms with Crippen molar-refractivity contribution in [1.29, 1.82) is 0 Å². The van der Waals surface area contributed by atoms with E-state index in [1.165, 1.54) is 0 Å². The van der Waals surface area contributed by atoms with Crippen molar-refractivity contribution in [2.45, 2.75) is 17.9 Å². The third-order valence-electron chi connectivity index (χ3n) is 3.14. The van der Waals surface area contributed by atoms with Crippen molar-refractivity contribution in [3.63, 3.8) is 0 Å². The Kier molecular flexibility index (Phi) is 5.24. The van der Waals surface area contributed by atoms with Crippen LogP contribution in [0.15, 0.2) is 29.2 Å².